The summed E-state index contributed by atoms with van der Waals surface area (Å²) in [6.45, 7) is 9.18. The number of hydrogen-bond acceptors (Lipinski definition) is 0. The first-order valence-electron chi connectivity index (χ1n) is 5.59. The Morgan fingerprint density at radius 1 is 1.17 bits per heavy atom. The standard InChI is InChI=1S/C11H22N/c1-10(2)9-12-7-3-5-11(12)6-4-8-12/h10-11H,3-9H2,1-2H3/q+1. The lowest BCUT2D eigenvalue weighted by Crippen LogP contribution is -2.49. The van der Waals surface area contributed by atoms with Crippen LogP contribution in [0.25, 0.3) is 0 Å². The van der Waals surface area contributed by atoms with Crippen LogP contribution < -0.4 is 0 Å². The molecule has 0 amide bonds. The number of quaternary nitrogens is 1. The Balaban J connectivity index is 2.06. The van der Waals surface area contributed by atoms with Gasteiger partial charge >= 0.3 is 0 Å². The first-order chi connectivity index (χ1) is 5.73. The summed E-state index contributed by atoms with van der Waals surface area (Å²) in [5.41, 5.74) is 0. The maximum Gasteiger partial charge on any atom is 0.0894 e. The molecule has 0 N–H and O–H groups in total. The second-order valence-corrected chi connectivity index (χ2v) is 5.18. The molecule has 0 unspecified atom stereocenters. The van der Waals surface area contributed by atoms with Gasteiger partial charge in [0.15, 0.2) is 0 Å². The molecule has 2 aliphatic rings. The molecule has 1 heteroatoms. The number of hydrogen-bond donors (Lipinski definition) is 0. The number of fused-ring (bicyclic) bond motifs is 1. The summed E-state index contributed by atoms with van der Waals surface area (Å²) in [7, 11) is 0. The monoisotopic (exact) mass is 168 g/mol. The molecule has 0 bridgehead atoms. The van der Waals surface area contributed by atoms with E-state index in [1.807, 2.05) is 0 Å². The van der Waals surface area contributed by atoms with Gasteiger partial charge in [-0.2, -0.15) is 0 Å². The molecule has 0 aromatic heterocycles. The van der Waals surface area contributed by atoms with Gasteiger partial charge in [0.05, 0.1) is 25.7 Å². The van der Waals surface area contributed by atoms with Crippen molar-refractivity contribution in [3.05, 3.63) is 0 Å². The van der Waals surface area contributed by atoms with Crippen LogP contribution in [0, 0.1) is 5.92 Å². The van der Waals surface area contributed by atoms with E-state index in [-0.39, 0.29) is 0 Å². The van der Waals surface area contributed by atoms with Gasteiger partial charge in [-0.05, 0) is 0 Å². The van der Waals surface area contributed by atoms with Crippen molar-refractivity contribution in [1.29, 1.82) is 0 Å². The summed E-state index contributed by atoms with van der Waals surface area (Å²) < 4.78 is 1.50. The normalized spacial score (nSPS) is 40.8. The molecule has 2 aliphatic heterocycles. The molecule has 0 aromatic rings. The molecule has 0 aromatic carbocycles. The summed E-state index contributed by atoms with van der Waals surface area (Å²) in [5, 5.41) is 0. The van der Waals surface area contributed by atoms with Gasteiger partial charge in [-0.3, -0.25) is 0 Å². The van der Waals surface area contributed by atoms with Gasteiger partial charge in [0.1, 0.15) is 0 Å². The molecule has 2 rings (SSSR count). The van der Waals surface area contributed by atoms with Crippen molar-refractivity contribution in [2.75, 3.05) is 19.6 Å². The fraction of sp³-hybridized carbons (Fsp3) is 1.00. The molecule has 0 saturated carbocycles. The predicted molar refractivity (Wildman–Crippen MR) is 52.0 cm³/mol. The Bertz CT molecular complexity index is 152. The van der Waals surface area contributed by atoms with Crippen molar-refractivity contribution in [2.24, 2.45) is 5.92 Å². The van der Waals surface area contributed by atoms with Crippen molar-refractivity contribution >= 4 is 0 Å². The highest BCUT2D eigenvalue weighted by molar-refractivity contribution is 4.74. The summed E-state index contributed by atoms with van der Waals surface area (Å²) in [5.74, 6) is 0.892. The highest BCUT2D eigenvalue weighted by Crippen LogP contribution is 2.36. The molecule has 0 aliphatic carbocycles. The summed E-state index contributed by atoms with van der Waals surface area (Å²) in [4.78, 5) is 0. The lowest BCUT2D eigenvalue weighted by atomic mass is 10.1. The van der Waals surface area contributed by atoms with Crippen molar-refractivity contribution in [1.82, 2.24) is 0 Å². The van der Waals surface area contributed by atoms with E-state index in [0.29, 0.717) is 0 Å². The summed E-state index contributed by atoms with van der Waals surface area (Å²) in [6.07, 6.45) is 6.04. The van der Waals surface area contributed by atoms with Crippen LogP contribution in [0.3, 0.4) is 0 Å². The smallest absolute Gasteiger partial charge is 0.0894 e. The topological polar surface area (TPSA) is 0 Å². The Morgan fingerprint density at radius 3 is 2.25 bits per heavy atom. The second kappa shape index (κ2) is 3.02. The van der Waals surface area contributed by atoms with Gasteiger partial charge in [-0.1, -0.05) is 13.8 Å². The molecule has 0 spiro atoms. The first kappa shape index (κ1) is 8.55. The molecular weight excluding hydrogens is 146 g/mol. The molecule has 2 heterocycles. The zero-order chi connectivity index (χ0) is 8.60. The second-order valence-electron chi connectivity index (χ2n) is 5.18. The third-order valence-corrected chi connectivity index (χ3v) is 3.78. The Morgan fingerprint density at radius 2 is 1.75 bits per heavy atom. The Kier molecular flexibility index (Phi) is 2.16. The number of rotatable bonds is 2. The SMILES string of the molecule is CC(C)C[N+]12CCCC1CCC2. The summed E-state index contributed by atoms with van der Waals surface area (Å²) in [6, 6.07) is 1.06. The highest BCUT2D eigenvalue weighted by Gasteiger charge is 2.45. The van der Waals surface area contributed by atoms with Crippen LogP contribution in [0.2, 0.25) is 0 Å². The van der Waals surface area contributed by atoms with Gasteiger partial charge in [0.2, 0.25) is 0 Å². The molecule has 0 atom stereocenters. The molecule has 0 radical (unpaired) electrons. The van der Waals surface area contributed by atoms with Gasteiger partial charge in [-0.15, -0.1) is 0 Å². The maximum atomic E-state index is 2.38. The highest BCUT2D eigenvalue weighted by atomic mass is 15.4. The van der Waals surface area contributed by atoms with Crippen molar-refractivity contribution in [2.45, 2.75) is 45.6 Å². The Hall–Kier alpha value is -0.0400. The van der Waals surface area contributed by atoms with Gasteiger partial charge in [-0.25, -0.2) is 0 Å². The fourth-order valence-corrected chi connectivity index (χ4v) is 3.51. The van der Waals surface area contributed by atoms with Crippen molar-refractivity contribution in [3.8, 4) is 0 Å². The lowest BCUT2D eigenvalue weighted by Gasteiger charge is -2.36. The zero-order valence-electron chi connectivity index (χ0n) is 8.55. The van der Waals surface area contributed by atoms with Gasteiger partial charge in [0.25, 0.3) is 0 Å². The molecule has 2 saturated heterocycles. The predicted octanol–water partition coefficient (Wildman–Crippen LogP) is 2.42. The average Bonchev–Trinajstić information content (AvgIpc) is 2.42. The van der Waals surface area contributed by atoms with E-state index in [4.69, 9.17) is 0 Å². The van der Waals surface area contributed by atoms with E-state index in [1.165, 1.54) is 49.8 Å². The largest absolute Gasteiger partial charge is 0.321 e. The quantitative estimate of drug-likeness (QED) is 0.555. The third-order valence-electron chi connectivity index (χ3n) is 3.78. The average molecular weight is 168 g/mol. The molecular formula is C11H22N+. The summed E-state index contributed by atoms with van der Waals surface area (Å²) >= 11 is 0. The third kappa shape index (κ3) is 1.28. The van der Waals surface area contributed by atoms with Gasteiger partial charge in [0, 0.05) is 31.6 Å². The van der Waals surface area contributed by atoms with Crippen LogP contribution in [0.4, 0.5) is 0 Å². The van der Waals surface area contributed by atoms with Crippen LogP contribution in [-0.2, 0) is 0 Å². The molecule has 70 valence electrons. The van der Waals surface area contributed by atoms with Crippen LogP contribution in [0.1, 0.15) is 39.5 Å². The van der Waals surface area contributed by atoms with Crippen LogP contribution >= 0.6 is 0 Å². The zero-order valence-corrected chi connectivity index (χ0v) is 8.55. The number of nitrogens with zero attached hydrogens (tertiary/aromatic N) is 1. The van der Waals surface area contributed by atoms with Crippen molar-refractivity contribution in [3.63, 3.8) is 0 Å². The van der Waals surface area contributed by atoms with Gasteiger partial charge < -0.3 is 4.48 Å². The molecule has 2 fully saturated rings. The van der Waals surface area contributed by atoms with Crippen molar-refractivity contribution < 1.29 is 4.48 Å². The molecule has 1 nitrogen and oxygen atoms in total. The lowest BCUT2D eigenvalue weighted by molar-refractivity contribution is -0.930. The molecule has 12 heavy (non-hydrogen) atoms. The van der Waals surface area contributed by atoms with E-state index < -0.39 is 0 Å². The van der Waals surface area contributed by atoms with E-state index in [1.54, 1.807) is 0 Å². The van der Waals surface area contributed by atoms with E-state index >= 15 is 0 Å². The van der Waals surface area contributed by atoms with Crippen LogP contribution in [0.15, 0.2) is 0 Å². The van der Waals surface area contributed by atoms with E-state index in [2.05, 4.69) is 13.8 Å². The van der Waals surface area contributed by atoms with E-state index in [0.717, 1.165) is 12.0 Å². The van der Waals surface area contributed by atoms with Crippen LogP contribution in [-0.4, -0.2) is 30.2 Å². The van der Waals surface area contributed by atoms with Crippen LogP contribution in [0.5, 0.6) is 0 Å². The van der Waals surface area contributed by atoms with E-state index in [9.17, 15) is 0 Å². The minimum Gasteiger partial charge on any atom is -0.321 e. The minimum absolute atomic E-state index is 0.892. The first-order valence-corrected chi connectivity index (χ1v) is 5.59. The minimum atomic E-state index is 0.892. The Labute approximate surface area is 76.3 Å². The fourth-order valence-electron chi connectivity index (χ4n) is 3.51. The maximum absolute atomic E-state index is 2.38.